The second-order valence-electron chi connectivity index (χ2n) is 3.33. The highest BCUT2D eigenvalue weighted by Gasteiger charge is 1.97. The van der Waals surface area contributed by atoms with Crippen molar-refractivity contribution in [1.82, 2.24) is 4.98 Å². The van der Waals surface area contributed by atoms with Gasteiger partial charge in [-0.2, -0.15) is 0 Å². The SMILES string of the molecule is Nc1ccc(OCc2ccc(Br)cn2)cc1. The molecular weight excluding hydrogens is 268 g/mol. The fourth-order valence-corrected chi connectivity index (χ4v) is 1.45. The lowest BCUT2D eigenvalue weighted by Gasteiger charge is -2.05. The Kier molecular flexibility index (Phi) is 3.41. The molecule has 4 heteroatoms. The van der Waals surface area contributed by atoms with E-state index in [4.69, 9.17) is 10.5 Å². The average Bonchev–Trinajstić information content (AvgIpc) is 2.30. The number of nitrogens with zero attached hydrogens (tertiary/aromatic N) is 1. The summed E-state index contributed by atoms with van der Waals surface area (Å²) in [5.41, 5.74) is 7.20. The standard InChI is InChI=1S/C12H11BrN2O/c13-9-1-4-11(15-7-9)8-16-12-5-2-10(14)3-6-12/h1-7H,8,14H2. The third-order valence-electron chi connectivity index (χ3n) is 2.06. The summed E-state index contributed by atoms with van der Waals surface area (Å²) in [6, 6.07) is 11.2. The van der Waals surface area contributed by atoms with Crippen LogP contribution in [0.2, 0.25) is 0 Å². The number of hydrogen-bond acceptors (Lipinski definition) is 3. The molecule has 1 aromatic carbocycles. The molecule has 82 valence electrons. The van der Waals surface area contributed by atoms with Gasteiger partial charge >= 0.3 is 0 Å². The number of anilines is 1. The summed E-state index contributed by atoms with van der Waals surface area (Å²) in [6.45, 7) is 0.456. The van der Waals surface area contributed by atoms with Gasteiger partial charge in [0.25, 0.3) is 0 Å². The van der Waals surface area contributed by atoms with Crippen molar-refractivity contribution in [2.75, 3.05) is 5.73 Å². The van der Waals surface area contributed by atoms with E-state index in [1.54, 1.807) is 6.20 Å². The van der Waals surface area contributed by atoms with Crippen molar-refractivity contribution in [1.29, 1.82) is 0 Å². The van der Waals surface area contributed by atoms with Gasteiger partial charge in [0, 0.05) is 16.4 Å². The van der Waals surface area contributed by atoms with Crippen molar-refractivity contribution in [3.05, 3.63) is 52.8 Å². The molecule has 0 unspecified atom stereocenters. The molecule has 0 aliphatic rings. The van der Waals surface area contributed by atoms with Crippen molar-refractivity contribution in [3.8, 4) is 5.75 Å². The topological polar surface area (TPSA) is 48.1 Å². The van der Waals surface area contributed by atoms with Crippen molar-refractivity contribution in [2.24, 2.45) is 0 Å². The molecule has 1 heterocycles. The molecule has 0 aliphatic heterocycles. The minimum Gasteiger partial charge on any atom is -0.487 e. The van der Waals surface area contributed by atoms with E-state index in [0.717, 1.165) is 21.6 Å². The largest absolute Gasteiger partial charge is 0.487 e. The van der Waals surface area contributed by atoms with Crippen LogP contribution in [0.1, 0.15) is 5.69 Å². The lowest BCUT2D eigenvalue weighted by Crippen LogP contribution is -1.97. The normalized spacial score (nSPS) is 10.1. The molecule has 0 saturated heterocycles. The van der Waals surface area contributed by atoms with Crippen molar-refractivity contribution in [2.45, 2.75) is 6.61 Å². The molecule has 16 heavy (non-hydrogen) atoms. The maximum Gasteiger partial charge on any atom is 0.130 e. The maximum absolute atomic E-state index is 5.58. The van der Waals surface area contributed by atoms with Crippen molar-refractivity contribution < 1.29 is 4.74 Å². The monoisotopic (exact) mass is 278 g/mol. The first-order valence-electron chi connectivity index (χ1n) is 4.83. The number of rotatable bonds is 3. The minimum atomic E-state index is 0.456. The van der Waals surface area contributed by atoms with Crippen LogP contribution < -0.4 is 10.5 Å². The van der Waals surface area contributed by atoms with E-state index in [1.165, 1.54) is 0 Å². The summed E-state index contributed by atoms with van der Waals surface area (Å²) in [4.78, 5) is 4.21. The molecular formula is C12H11BrN2O. The van der Waals surface area contributed by atoms with Crippen LogP contribution in [0.3, 0.4) is 0 Å². The Morgan fingerprint density at radius 2 is 1.88 bits per heavy atom. The molecule has 0 fully saturated rings. The van der Waals surface area contributed by atoms with Gasteiger partial charge < -0.3 is 10.5 Å². The first-order chi connectivity index (χ1) is 7.74. The smallest absolute Gasteiger partial charge is 0.130 e. The Morgan fingerprint density at radius 3 is 2.50 bits per heavy atom. The molecule has 0 bridgehead atoms. The van der Waals surface area contributed by atoms with E-state index < -0.39 is 0 Å². The highest BCUT2D eigenvalue weighted by atomic mass is 79.9. The molecule has 0 amide bonds. The van der Waals surface area contributed by atoms with E-state index in [0.29, 0.717) is 6.61 Å². The van der Waals surface area contributed by atoms with Gasteiger partial charge in [-0.15, -0.1) is 0 Å². The van der Waals surface area contributed by atoms with E-state index in [9.17, 15) is 0 Å². The van der Waals surface area contributed by atoms with Gasteiger partial charge in [0.05, 0.1) is 5.69 Å². The summed E-state index contributed by atoms with van der Waals surface area (Å²) >= 11 is 3.33. The summed E-state index contributed by atoms with van der Waals surface area (Å²) in [7, 11) is 0. The van der Waals surface area contributed by atoms with Crippen LogP contribution >= 0.6 is 15.9 Å². The van der Waals surface area contributed by atoms with Crippen LogP contribution in [0.25, 0.3) is 0 Å². The molecule has 3 nitrogen and oxygen atoms in total. The van der Waals surface area contributed by atoms with Gasteiger partial charge in [0.1, 0.15) is 12.4 Å². The predicted molar refractivity (Wildman–Crippen MR) is 67.1 cm³/mol. The zero-order valence-corrected chi connectivity index (χ0v) is 10.1. The van der Waals surface area contributed by atoms with E-state index in [1.807, 2.05) is 36.4 Å². The van der Waals surface area contributed by atoms with E-state index in [-0.39, 0.29) is 0 Å². The Bertz CT molecular complexity index is 408. The fourth-order valence-electron chi connectivity index (χ4n) is 1.21. The van der Waals surface area contributed by atoms with Crippen LogP contribution in [0, 0.1) is 0 Å². The second kappa shape index (κ2) is 4.99. The number of nitrogens with two attached hydrogens (primary N) is 1. The highest BCUT2D eigenvalue weighted by molar-refractivity contribution is 9.10. The van der Waals surface area contributed by atoms with Crippen LogP contribution in [0.15, 0.2) is 47.1 Å². The number of pyridine rings is 1. The molecule has 0 radical (unpaired) electrons. The summed E-state index contributed by atoms with van der Waals surface area (Å²) in [5, 5.41) is 0. The Morgan fingerprint density at radius 1 is 1.12 bits per heavy atom. The predicted octanol–water partition coefficient (Wildman–Crippen LogP) is 3.01. The molecule has 0 saturated carbocycles. The van der Waals surface area contributed by atoms with Crippen LogP contribution in [0.4, 0.5) is 5.69 Å². The Balaban J connectivity index is 1.97. The zero-order chi connectivity index (χ0) is 11.4. The Hall–Kier alpha value is -1.55. The lowest BCUT2D eigenvalue weighted by atomic mass is 10.3. The first-order valence-corrected chi connectivity index (χ1v) is 5.62. The van der Waals surface area contributed by atoms with Crippen molar-refractivity contribution >= 4 is 21.6 Å². The van der Waals surface area contributed by atoms with Crippen LogP contribution in [-0.2, 0) is 6.61 Å². The van der Waals surface area contributed by atoms with Crippen LogP contribution in [0.5, 0.6) is 5.75 Å². The molecule has 0 spiro atoms. The molecule has 0 aliphatic carbocycles. The second-order valence-corrected chi connectivity index (χ2v) is 4.24. The van der Waals surface area contributed by atoms with Gasteiger partial charge in [-0.3, -0.25) is 4.98 Å². The van der Waals surface area contributed by atoms with Gasteiger partial charge in [-0.25, -0.2) is 0 Å². The van der Waals surface area contributed by atoms with Gasteiger partial charge in [0.2, 0.25) is 0 Å². The van der Waals surface area contributed by atoms with E-state index >= 15 is 0 Å². The quantitative estimate of drug-likeness (QED) is 0.878. The summed E-state index contributed by atoms with van der Waals surface area (Å²) in [5.74, 6) is 0.791. The Labute approximate surface area is 102 Å². The third kappa shape index (κ3) is 2.97. The lowest BCUT2D eigenvalue weighted by molar-refractivity contribution is 0.301. The van der Waals surface area contributed by atoms with Crippen molar-refractivity contribution in [3.63, 3.8) is 0 Å². The minimum absolute atomic E-state index is 0.456. The van der Waals surface area contributed by atoms with Gasteiger partial charge in [0.15, 0.2) is 0 Å². The third-order valence-corrected chi connectivity index (χ3v) is 2.52. The molecule has 0 atom stereocenters. The fraction of sp³-hybridized carbons (Fsp3) is 0.0833. The number of aromatic nitrogens is 1. The van der Waals surface area contributed by atoms with E-state index in [2.05, 4.69) is 20.9 Å². The number of halogens is 1. The molecule has 1 aromatic heterocycles. The average molecular weight is 279 g/mol. The zero-order valence-electron chi connectivity index (χ0n) is 8.56. The summed E-state index contributed by atoms with van der Waals surface area (Å²) < 4.78 is 6.52. The maximum atomic E-state index is 5.58. The molecule has 2 rings (SSSR count). The number of ether oxygens (including phenoxy) is 1. The number of nitrogen functional groups attached to an aromatic ring is 1. The number of hydrogen-bond donors (Lipinski definition) is 1. The van der Waals surface area contributed by atoms with Gasteiger partial charge in [-0.05, 0) is 52.3 Å². The molecule has 2 N–H and O–H groups in total. The van der Waals surface area contributed by atoms with Gasteiger partial charge in [-0.1, -0.05) is 0 Å². The van der Waals surface area contributed by atoms with Crippen LogP contribution in [-0.4, -0.2) is 4.98 Å². The highest BCUT2D eigenvalue weighted by Crippen LogP contribution is 2.15. The molecule has 2 aromatic rings. The summed E-state index contributed by atoms with van der Waals surface area (Å²) in [6.07, 6.45) is 1.75. The first kappa shape index (κ1) is 11.0. The number of benzene rings is 1.